The summed E-state index contributed by atoms with van der Waals surface area (Å²) in [5, 5.41) is 2.57. The zero-order chi connectivity index (χ0) is 19.3. The Balaban J connectivity index is 3.23. The molecule has 0 heterocycles. The van der Waals surface area contributed by atoms with E-state index in [2.05, 4.69) is 12.2 Å². The van der Waals surface area contributed by atoms with E-state index in [4.69, 9.17) is 5.73 Å². The number of unbranched alkanes of at least 4 members (excludes halogenated alkanes) is 14. The molecule has 0 spiro atoms. The summed E-state index contributed by atoms with van der Waals surface area (Å²) in [7, 11) is 0. The number of allylic oxidation sites excluding steroid dienone is 1. The maximum atomic E-state index is 11.3. The second kappa shape index (κ2) is 19.7. The number of carbonyl (C=O) groups is 2. The van der Waals surface area contributed by atoms with Gasteiger partial charge in [-0.3, -0.25) is 9.59 Å². The second-order valence-electron chi connectivity index (χ2n) is 7.03. The molecular weight excluding hydrogens is 324 g/mol. The zero-order valence-corrected chi connectivity index (χ0v) is 16.8. The van der Waals surface area contributed by atoms with Crippen molar-refractivity contribution in [1.29, 1.82) is 0 Å². The molecule has 150 valence electrons. The highest BCUT2D eigenvalue weighted by atomic mass is 16.2. The van der Waals surface area contributed by atoms with Crippen molar-refractivity contribution in [3.63, 3.8) is 0 Å². The molecule has 0 aromatic heterocycles. The summed E-state index contributed by atoms with van der Waals surface area (Å²) in [5.41, 5.74) is 4.91. The Labute approximate surface area is 160 Å². The van der Waals surface area contributed by atoms with Crippen LogP contribution in [0.4, 0.5) is 0 Å². The van der Waals surface area contributed by atoms with Crippen LogP contribution >= 0.6 is 0 Å². The first-order valence-electron chi connectivity index (χ1n) is 10.6. The van der Waals surface area contributed by atoms with Crippen molar-refractivity contribution in [2.24, 2.45) is 5.73 Å². The third kappa shape index (κ3) is 20.5. The summed E-state index contributed by atoms with van der Waals surface area (Å²) < 4.78 is 0. The van der Waals surface area contributed by atoms with Gasteiger partial charge in [-0.1, -0.05) is 96.5 Å². The van der Waals surface area contributed by atoms with Crippen LogP contribution in [-0.2, 0) is 9.59 Å². The van der Waals surface area contributed by atoms with Crippen LogP contribution in [0.2, 0.25) is 0 Å². The molecule has 2 amide bonds. The first kappa shape index (κ1) is 24.4. The van der Waals surface area contributed by atoms with Crippen molar-refractivity contribution >= 4 is 11.8 Å². The van der Waals surface area contributed by atoms with Crippen LogP contribution in [0.15, 0.2) is 24.4 Å². The lowest BCUT2D eigenvalue weighted by atomic mass is 10.0. The van der Waals surface area contributed by atoms with E-state index in [1.807, 2.05) is 6.08 Å². The molecule has 0 atom stereocenters. The van der Waals surface area contributed by atoms with Crippen molar-refractivity contribution in [2.45, 2.75) is 103 Å². The van der Waals surface area contributed by atoms with Gasteiger partial charge in [0, 0.05) is 18.4 Å². The Morgan fingerprint density at radius 3 is 1.65 bits per heavy atom. The summed E-state index contributed by atoms with van der Waals surface area (Å²) in [6, 6.07) is 0. The van der Waals surface area contributed by atoms with Gasteiger partial charge in [-0.05, 0) is 12.8 Å². The Morgan fingerprint density at radius 2 is 1.19 bits per heavy atom. The van der Waals surface area contributed by atoms with Crippen LogP contribution in [-0.4, -0.2) is 11.8 Å². The number of rotatable bonds is 18. The second-order valence-corrected chi connectivity index (χ2v) is 7.03. The fourth-order valence-electron chi connectivity index (χ4n) is 2.89. The summed E-state index contributed by atoms with van der Waals surface area (Å²) in [6.45, 7) is 2.27. The maximum absolute atomic E-state index is 11.3. The van der Waals surface area contributed by atoms with Gasteiger partial charge in [0.15, 0.2) is 0 Å². The number of primary amides is 1. The summed E-state index contributed by atoms with van der Waals surface area (Å²) in [6.07, 6.45) is 25.8. The Kier molecular flexibility index (Phi) is 18.5. The lowest BCUT2D eigenvalue weighted by Crippen LogP contribution is -2.15. The molecule has 0 saturated carbocycles. The highest BCUT2D eigenvalue weighted by Crippen LogP contribution is 2.13. The predicted molar refractivity (Wildman–Crippen MR) is 111 cm³/mol. The molecule has 0 saturated heterocycles. The average Bonchev–Trinajstić information content (AvgIpc) is 2.62. The van der Waals surface area contributed by atoms with Crippen LogP contribution in [0.25, 0.3) is 0 Å². The lowest BCUT2D eigenvalue weighted by Gasteiger charge is -2.02. The molecule has 0 aromatic rings. The number of amides is 2. The third-order valence-corrected chi connectivity index (χ3v) is 4.47. The highest BCUT2D eigenvalue weighted by molar-refractivity contribution is 5.96. The van der Waals surface area contributed by atoms with Crippen molar-refractivity contribution in [1.82, 2.24) is 5.32 Å². The Bertz CT molecular complexity index is 403. The van der Waals surface area contributed by atoms with E-state index in [9.17, 15) is 9.59 Å². The lowest BCUT2D eigenvalue weighted by molar-refractivity contribution is -0.117. The summed E-state index contributed by atoms with van der Waals surface area (Å²) >= 11 is 0. The maximum Gasteiger partial charge on any atom is 0.248 e. The van der Waals surface area contributed by atoms with Gasteiger partial charge in [0.05, 0.1) is 0 Å². The van der Waals surface area contributed by atoms with Crippen LogP contribution in [0.1, 0.15) is 103 Å². The number of nitrogens with one attached hydrogen (secondary N) is 1. The first-order chi connectivity index (χ1) is 12.7. The van der Waals surface area contributed by atoms with Crippen molar-refractivity contribution in [2.75, 3.05) is 0 Å². The van der Waals surface area contributed by atoms with E-state index in [1.54, 1.807) is 6.20 Å². The fraction of sp³-hybridized carbons (Fsp3) is 0.727. The average molecular weight is 365 g/mol. The standard InChI is InChI=1S/C22H40N2O2/c1-2-3-4-5-6-7-8-9-10-11-12-13-14-15-16-17-20-24-22(26)19-18-21(23)25/h17-20H,2-16H2,1H3,(H2,23,25)(H,24,26)/b19-18-,20-17+. The van der Waals surface area contributed by atoms with E-state index in [1.165, 1.54) is 83.5 Å². The normalized spacial score (nSPS) is 11.4. The predicted octanol–water partition coefficient (Wildman–Crippen LogP) is 5.53. The number of hydrogen-bond acceptors (Lipinski definition) is 2. The molecule has 4 nitrogen and oxygen atoms in total. The first-order valence-corrected chi connectivity index (χ1v) is 10.6. The minimum atomic E-state index is -0.619. The molecule has 0 aliphatic rings. The van der Waals surface area contributed by atoms with Crippen LogP contribution < -0.4 is 11.1 Å². The van der Waals surface area contributed by atoms with Crippen molar-refractivity contribution < 1.29 is 9.59 Å². The highest BCUT2D eigenvalue weighted by Gasteiger charge is 1.94. The molecule has 4 heteroatoms. The van der Waals surface area contributed by atoms with Crippen LogP contribution in [0.3, 0.4) is 0 Å². The van der Waals surface area contributed by atoms with Gasteiger partial charge in [0.25, 0.3) is 0 Å². The molecule has 0 aliphatic carbocycles. The molecule has 0 fully saturated rings. The van der Waals surface area contributed by atoms with Crippen molar-refractivity contribution in [3.05, 3.63) is 24.4 Å². The third-order valence-electron chi connectivity index (χ3n) is 4.47. The quantitative estimate of drug-likeness (QED) is 0.248. The molecule has 26 heavy (non-hydrogen) atoms. The van der Waals surface area contributed by atoms with E-state index in [0.717, 1.165) is 25.0 Å². The van der Waals surface area contributed by atoms with E-state index in [-0.39, 0.29) is 5.91 Å². The van der Waals surface area contributed by atoms with Gasteiger partial charge in [0.1, 0.15) is 0 Å². The van der Waals surface area contributed by atoms with Crippen LogP contribution in [0.5, 0.6) is 0 Å². The molecule has 0 aromatic carbocycles. The molecule has 0 aliphatic heterocycles. The number of hydrogen-bond donors (Lipinski definition) is 2. The molecular formula is C22H40N2O2. The Morgan fingerprint density at radius 1 is 0.731 bits per heavy atom. The van der Waals surface area contributed by atoms with E-state index < -0.39 is 5.91 Å². The van der Waals surface area contributed by atoms with Crippen LogP contribution in [0, 0.1) is 0 Å². The monoisotopic (exact) mass is 364 g/mol. The van der Waals surface area contributed by atoms with Gasteiger partial charge < -0.3 is 11.1 Å². The van der Waals surface area contributed by atoms with Gasteiger partial charge in [0.2, 0.25) is 11.8 Å². The van der Waals surface area contributed by atoms with E-state index >= 15 is 0 Å². The number of nitrogens with two attached hydrogens (primary N) is 1. The molecule has 3 N–H and O–H groups in total. The largest absolute Gasteiger partial charge is 0.366 e. The molecule has 0 radical (unpaired) electrons. The van der Waals surface area contributed by atoms with Crippen molar-refractivity contribution in [3.8, 4) is 0 Å². The van der Waals surface area contributed by atoms with Gasteiger partial charge in [-0.25, -0.2) is 0 Å². The summed E-state index contributed by atoms with van der Waals surface area (Å²) in [5.74, 6) is -0.951. The summed E-state index contributed by atoms with van der Waals surface area (Å²) in [4.78, 5) is 21.7. The van der Waals surface area contributed by atoms with Gasteiger partial charge >= 0.3 is 0 Å². The fourth-order valence-corrected chi connectivity index (χ4v) is 2.89. The molecule has 0 rings (SSSR count). The van der Waals surface area contributed by atoms with Gasteiger partial charge in [-0.15, -0.1) is 0 Å². The SMILES string of the molecule is CCCCCCCCCCCCCCCC/C=C/NC(=O)/C=C\C(N)=O. The van der Waals surface area contributed by atoms with E-state index in [0.29, 0.717) is 0 Å². The minimum absolute atomic E-state index is 0.332. The molecule has 0 bridgehead atoms. The minimum Gasteiger partial charge on any atom is -0.366 e. The zero-order valence-electron chi connectivity index (χ0n) is 16.8. The van der Waals surface area contributed by atoms with Gasteiger partial charge in [-0.2, -0.15) is 0 Å². The Hall–Kier alpha value is -1.58. The topological polar surface area (TPSA) is 72.2 Å². The number of carbonyl (C=O) groups excluding carboxylic acids is 2. The smallest absolute Gasteiger partial charge is 0.248 e. The molecule has 0 unspecified atom stereocenters.